The van der Waals surface area contributed by atoms with Gasteiger partial charge < -0.3 is 10.5 Å². The third-order valence-corrected chi connectivity index (χ3v) is 3.60. The Hall–Kier alpha value is -0.0800. The molecule has 3 atom stereocenters. The van der Waals surface area contributed by atoms with Gasteiger partial charge >= 0.3 is 0 Å². The summed E-state index contributed by atoms with van der Waals surface area (Å²) in [6, 6.07) is 0.370. The van der Waals surface area contributed by atoms with E-state index in [9.17, 15) is 0 Å². The molecule has 0 bridgehead atoms. The third kappa shape index (κ3) is 4.12. The van der Waals surface area contributed by atoms with Crippen molar-refractivity contribution < 1.29 is 4.74 Å². The van der Waals surface area contributed by atoms with Crippen LogP contribution in [0.3, 0.4) is 0 Å². The first-order chi connectivity index (χ1) is 7.29. The van der Waals surface area contributed by atoms with Crippen molar-refractivity contribution in [3.05, 3.63) is 0 Å². The van der Waals surface area contributed by atoms with Gasteiger partial charge in [0.05, 0.1) is 6.10 Å². The lowest BCUT2D eigenvalue weighted by molar-refractivity contribution is 0.0803. The van der Waals surface area contributed by atoms with Gasteiger partial charge in [0.25, 0.3) is 0 Å². The quantitative estimate of drug-likeness (QED) is 0.660. The SMILES string of the molecule is CCCCCCC(N)C1CCOC1CC. The van der Waals surface area contributed by atoms with Crippen LogP contribution < -0.4 is 5.73 Å². The van der Waals surface area contributed by atoms with Crippen molar-refractivity contribution in [1.29, 1.82) is 0 Å². The summed E-state index contributed by atoms with van der Waals surface area (Å²) in [4.78, 5) is 0. The summed E-state index contributed by atoms with van der Waals surface area (Å²) in [6.07, 6.45) is 9.21. The van der Waals surface area contributed by atoms with Gasteiger partial charge in [-0.25, -0.2) is 0 Å². The summed E-state index contributed by atoms with van der Waals surface area (Å²) in [5.74, 6) is 0.622. The van der Waals surface area contributed by atoms with Crippen LogP contribution in [0.5, 0.6) is 0 Å². The highest BCUT2D eigenvalue weighted by Gasteiger charge is 2.31. The minimum Gasteiger partial charge on any atom is -0.378 e. The van der Waals surface area contributed by atoms with E-state index in [4.69, 9.17) is 10.5 Å². The van der Waals surface area contributed by atoms with Gasteiger partial charge in [-0.1, -0.05) is 39.5 Å². The third-order valence-electron chi connectivity index (χ3n) is 3.60. The molecule has 2 nitrogen and oxygen atoms in total. The average Bonchev–Trinajstić information content (AvgIpc) is 2.72. The molecule has 0 aromatic heterocycles. The van der Waals surface area contributed by atoms with Crippen molar-refractivity contribution >= 4 is 0 Å². The summed E-state index contributed by atoms with van der Waals surface area (Å²) in [6.45, 7) is 5.37. The van der Waals surface area contributed by atoms with Crippen molar-refractivity contribution in [1.82, 2.24) is 0 Å². The van der Waals surface area contributed by atoms with E-state index in [2.05, 4.69) is 13.8 Å². The monoisotopic (exact) mass is 213 g/mol. The fraction of sp³-hybridized carbons (Fsp3) is 1.00. The molecule has 15 heavy (non-hydrogen) atoms. The Morgan fingerprint density at radius 2 is 2.07 bits per heavy atom. The second-order valence-electron chi connectivity index (χ2n) is 4.78. The van der Waals surface area contributed by atoms with Gasteiger partial charge in [0.15, 0.2) is 0 Å². The van der Waals surface area contributed by atoms with Crippen molar-refractivity contribution in [2.75, 3.05) is 6.61 Å². The van der Waals surface area contributed by atoms with Gasteiger partial charge in [-0.05, 0) is 19.3 Å². The lowest BCUT2D eigenvalue weighted by Gasteiger charge is -2.23. The highest BCUT2D eigenvalue weighted by Crippen LogP contribution is 2.27. The molecule has 2 N–H and O–H groups in total. The molecule has 90 valence electrons. The molecule has 0 aromatic carbocycles. The van der Waals surface area contributed by atoms with E-state index in [1.807, 2.05) is 0 Å². The lowest BCUT2D eigenvalue weighted by atomic mass is 9.88. The van der Waals surface area contributed by atoms with Crippen molar-refractivity contribution in [2.45, 2.75) is 70.9 Å². The lowest BCUT2D eigenvalue weighted by Crippen LogP contribution is -2.35. The molecule has 0 spiro atoms. The van der Waals surface area contributed by atoms with Gasteiger partial charge in [0.1, 0.15) is 0 Å². The molecule has 1 heterocycles. The van der Waals surface area contributed by atoms with E-state index in [-0.39, 0.29) is 0 Å². The fourth-order valence-corrected chi connectivity index (χ4v) is 2.60. The minimum atomic E-state index is 0.370. The molecule has 1 aliphatic heterocycles. The molecule has 0 saturated carbocycles. The Morgan fingerprint density at radius 3 is 2.73 bits per heavy atom. The number of ether oxygens (including phenoxy) is 1. The minimum absolute atomic E-state index is 0.370. The second-order valence-corrected chi connectivity index (χ2v) is 4.78. The second kappa shape index (κ2) is 7.24. The highest BCUT2D eigenvalue weighted by atomic mass is 16.5. The van der Waals surface area contributed by atoms with Crippen LogP contribution in [0.2, 0.25) is 0 Å². The molecule has 1 saturated heterocycles. The first kappa shape index (κ1) is 13.0. The van der Waals surface area contributed by atoms with E-state index in [0.717, 1.165) is 13.0 Å². The molecular weight excluding hydrogens is 186 g/mol. The number of unbranched alkanes of at least 4 members (excludes halogenated alkanes) is 3. The molecule has 0 aliphatic carbocycles. The fourth-order valence-electron chi connectivity index (χ4n) is 2.60. The number of hydrogen-bond donors (Lipinski definition) is 1. The Kier molecular flexibility index (Phi) is 6.26. The Balaban J connectivity index is 2.17. The van der Waals surface area contributed by atoms with E-state index >= 15 is 0 Å². The zero-order chi connectivity index (χ0) is 11.1. The number of nitrogens with two attached hydrogens (primary N) is 1. The summed E-state index contributed by atoms with van der Waals surface area (Å²) < 4.78 is 5.68. The molecule has 0 amide bonds. The van der Waals surface area contributed by atoms with Crippen LogP contribution in [-0.2, 0) is 4.74 Å². The van der Waals surface area contributed by atoms with Crippen molar-refractivity contribution in [3.63, 3.8) is 0 Å². The smallest absolute Gasteiger partial charge is 0.0616 e. The molecule has 1 fully saturated rings. The molecule has 0 aromatic rings. The molecule has 1 aliphatic rings. The van der Waals surface area contributed by atoms with Crippen LogP contribution in [0.4, 0.5) is 0 Å². The van der Waals surface area contributed by atoms with E-state index in [1.54, 1.807) is 0 Å². The summed E-state index contributed by atoms with van der Waals surface area (Å²) in [5, 5.41) is 0. The van der Waals surface area contributed by atoms with E-state index in [0.29, 0.717) is 18.1 Å². The summed E-state index contributed by atoms with van der Waals surface area (Å²) >= 11 is 0. The Labute approximate surface area is 94.6 Å². The summed E-state index contributed by atoms with van der Waals surface area (Å²) in [5.41, 5.74) is 6.25. The predicted octanol–water partition coefficient (Wildman–Crippen LogP) is 3.10. The molecular formula is C13H27NO. The molecule has 2 heteroatoms. The van der Waals surface area contributed by atoms with Crippen LogP contribution >= 0.6 is 0 Å². The highest BCUT2D eigenvalue weighted by molar-refractivity contribution is 4.83. The van der Waals surface area contributed by atoms with Gasteiger partial charge in [-0.2, -0.15) is 0 Å². The van der Waals surface area contributed by atoms with Crippen LogP contribution in [0.15, 0.2) is 0 Å². The normalized spacial score (nSPS) is 28.2. The van der Waals surface area contributed by atoms with Crippen molar-refractivity contribution in [3.8, 4) is 0 Å². The maximum atomic E-state index is 6.25. The Morgan fingerprint density at radius 1 is 1.27 bits per heavy atom. The molecule has 3 unspecified atom stereocenters. The first-order valence-electron chi connectivity index (χ1n) is 6.66. The number of rotatable bonds is 7. The average molecular weight is 213 g/mol. The predicted molar refractivity (Wildman–Crippen MR) is 64.9 cm³/mol. The maximum absolute atomic E-state index is 6.25. The largest absolute Gasteiger partial charge is 0.378 e. The van der Waals surface area contributed by atoms with E-state index in [1.165, 1.54) is 38.5 Å². The van der Waals surface area contributed by atoms with Crippen LogP contribution in [0.25, 0.3) is 0 Å². The van der Waals surface area contributed by atoms with Gasteiger partial charge in [0.2, 0.25) is 0 Å². The van der Waals surface area contributed by atoms with Crippen molar-refractivity contribution in [2.24, 2.45) is 11.7 Å². The maximum Gasteiger partial charge on any atom is 0.0616 e. The molecule has 0 radical (unpaired) electrons. The van der Waals surface area contributed by atoms with Crippen LogP contribution in [0, 0.1) is 5.92 Å². The summed E-state index contributed by atoms with van der Waals surface area (Å²) in [7, 11) is 0. The van der Waals surface area contributed by atoms with Crippen LogP contribution in [-0.4, -0.2) is 18.8 Å². The number of hydrogen-bond acceptors (Lipinski definition) is 2. The zero-order valence-electron chi connectivity index (χ0n) is 10.4. The van der Waals surface area contributed by atoms with E-state index < -0.39 is 0 Å². The molecule has 1 rings (SSSR count). The first-order valence-corrected chi connectivity index (χ1v) is 6.66. The standard InChI is InChI=1S/C13H27NO/c1-3-5-6-7-8-12(14)11-9-10-15-13(11)4-2/h11-13H,3-10,14H2,1-2H3. The van der Waals surface area contributed by atoms with Gasteiger partial charge in [-0.15, -0.1) is 0 Å². The topological polar surface area (TPSA) is 35.2 Å². The zero-order valence-corrected chi connectivity index (χ0v) is 10.4. The Bertz CT molecular complexity index is 161. The van der Waals surface area contributed by atoms with Crippen LogP contribution in [0.1, 0.15) is 58.8 Å². The van der Waals surface area contributed by atoms with Gasteiger partial charge in [0, 0.05) is 18.6 Å². The van der Waals surface area contributed by atoms with Gasteiger partial charge in [-0.3, -0.25) is 0 Å².